The van der Waals surface area contributed by atoms with Crippen molar-refractivity contribution in [2.24, 2.45) is 0 Å². The third kappa shape index (κ3) is 5.73. The lowest BCUT2D eigenvalue weighted by Crippen LogP contribution is -2.45. The molecule has 0 heterocycles. The van der Waals surface area contributed by atoms with Crippen LogP contribution in [-0.2, 0) is 14.0 Å². The van der Waals surface area contributed by atoms with Gasteiger partial charge in [0.2, 0.25) is 0 Å². The highest BCUT2D eigenvalue weighted by atomic mass is 28.4. The van der Waals surface area contributed by atoms with Gasteiger partial charge in [-0.1, -0.05) is 51.6 Å². The largest absolute Gasteiger partial charge is 0.454 e. The van der Waals surface area contributed by atoms with E-state index in [2.05, 4.69) is 40.4 Å². The summed E-state index contributed by atoms with van der Waals surface area (Å²) in [6.45, 7) is 14.2. The van der Waals surface area contributed by atoms with Crippen LogP contribution in [0, 0.1) is 0 Å². The minimum atomic E-state index is -2.08. The van der Waals surface area contributed by atoms with Crippen LogP contribution in [-0.4, -0.2) is 32.8 Å². The van der Waals surface area contributed by atoms with Gasteiger partial charge in [0.25, 0.3) is 0 Å². The molecule has 0 aliphatic carbocycles. The van der Waals surface area contributed by atoms with E-state index >= 15 is 0 Å². The Kier molecular flexibility index (Phi) is 7.11. The summed E-state index contributed by atoms with van der Waals surface area (Å²) in [6.07, 6.45) is 1.41. The molecular formula is C19H28O4Si. The van der Waals surface area contributed by atoms with E-state index in [1.807, 2.05) is 6.07 Å². The van der Waals surface area contributed by atoms with Crippen molar-refractivity contribution in [1.29, 1.82) is 0 Å². The van der Waals surface area contributed by atoms with Crippen LogP contribution in [0.4, 0.5) is 0 Å². The first-order valence-electron chi connectivity index (χ1n) is 8.12. The first-order chi connectivity index (χ1) is 11.1. The van der Waals surface area contributed by atoms with Crippen molar-refractivity contribution in [1.82, 2.24) is 0 Å². The van der Waals surface area contributed by atoms with Crippen molar-refractivity contribution in [3.8, 4) is 0 Å². The van der Waals surface area contributed by atoms with Crippen LogP contribution in [0.3, 0.4) is 0 Å². The van der Waals surface area contributed by atoms with Crippen molar-refractivity contribution in [2.75, 3.05) is 0 Å². The lowest BCUT2D eigenvalue weighted by molar-refractivity contribution is -0.115. The number of hydrogen-bond acceptors (Lipinski definition) is 4. The summed E-state index contributed by atoms with van der Waals surface area (Å²) in [4.78, 5) is 23.6. The molecule has 0 saturated heterocycles. The van der Waals surface area contributed by atoms with E-state index in [1.54, 1.807) is 24.3 Å². The number of ether oxygens (including phenoxy) is 1. The Morgan fingerprint density at radius 3 is 2.25 bits per heavy atom. The summed E-state index contributed by atoms with van der Waals surface area (Å²) >= 11 is 0. The van der Waals surface area contributed by atoms with Gasteiger partial charge >= 0.3 is 5.97 Å². The Balaban J connectivity index is 2.73. The molecule has 0 aliphatic rings. The fourth-order valence-electron chi connectivity index (χ4n) is 1.89. The minimum Gasteiger partial charge on any atom is -0.454 e. The van der Waals surface area contributed by atoms with Gasteiger partial charge in [-0.3, -0.25) is 0 Å². The van der Waals surface area contributed by atoms with Crippen LogP contribution in [0.2, 0.25) is 18.1 Å². The number of esters is 1. The Hall–Kier alpha value is -1.72. The molecule has 0 amide bonds. The molecule has 0 N–H and O–H groups in total. The van der Waals surface area contributed by atoms with E-state index in [0.717, 1.165) is 6.29 Å². The summed E-state index contributed by atoms with van der Waals surface area (Å²) in [6, 6.07) is 8.75. The SMILES string of the molecule is C=C[C@H](C[C@@H](C=O)O[Si](C)(C)C(C)(C)C)OC(=O)c1ccccc1. The molecule has 2 atom stereocenters. The average Bonchev–Trinajstić information content (AvgIpc) is 2.52. The number of hydrogen-bond donors (Lipinski definition) is 0. The number of aldehydes is 1. The maximum atomic E-state index is 12.1. The number of carbonyl (C=O) groups is 2. The molecule has 0 aliphatic heterocycles. The quantitative estimate of drug-likeness (QED) is 0.303. The van der Waals surface area contributed by atoms with Crippen molar-refractivity contribution in [3.05, 3.63) is 48.6 Å². The third-order valence-corrected chi connectivity index (χ3v) is 8.90. The number of carbonyl (C=O) groups excluding carboxylic acids is 2. The van der Waals surface area contributed by atoms with Crippen LogP contribution >= 0.6 is 0 Å². The highest BCUT2D eigenvalue weighted by molar-refractivity contribution is 6.74. The molecular weight excluding hydrogens is 320 g/mol. The second-order valence-electron chi connectivity index (χ2n) is 7.33. The fraction of sp³-hybridized carbons (Fsp3) is 0.474. The highest BCUT2D eigenvalue weighted by Gasteiger charge is 2.39. The first kappa shape index (κ1) is 20.3. The van der Waals surface area contributed by atoms with Gasteiger partial charge in [0.05, 0.1) is 5.56 Å². The predicted molar refractivity (Wildman–Crippen MR) is 98.6 cm³/mol. The predicted octanol–water partition coefficient (Wildman–Crippen LogP) is 4.38. The van der Waals surface area contributed by atoms with E-state index < -0.39 is 26.5 Å². The van der Waals surface area contributed by atoms with Crippen LogP contribution in [0.5, 0.6) is 0 Å². The van der Waals surface area contributed by atoms with Crippen molar-refractivity contribution in [3.63, 3.8) is 0 Å². The van der Waals surface area contributed by atoms with E-state index in [4.69, 9.17) is 9.16 Å². The molecule has 0 aromatic heterocycles. The van der Waals surface area contributed by atoms with Crippen LogP contribution in [0.1, 0.15) is 37.6 Å². The second kappa shape index (κ2) is 8.40. The second-order valence-corrected chi connectivity index (χ2v) is 12.1. The van der Waals surface area contributed by atoms with Gasteiger partial charge in [0.15, 0.2) is 8.32 Å². The first-order valence-corrected chi connectivity index (χ1v) is 11.0. The minimum absolute atomic E-state index is 0.00134. The molecule has 1 aromatic rings. The van der Waals surface area contributed by atoms with E-state index in [0.29, 0.717) is 5.56 Å². The van der Waals surface area contributed by atoms with E-state index in [-0.39, 0.29) is 11.5 Å². The summed E-state index contributed by atoms with van der Waals surface area (Å²) in [5.74, 6) is -0.433. The Labute approximate surface area is 146 Å². The van der Waals surface area contributed by atoms with Gasteiger partial charge < -0.3 is 14.0 Å². The van der Waals surface area contributed by atoms with Gasteiger partial charge in [0, 0.05) is 6.42 Å². The standard InChI is InChI=1S/C19H28O4Si/c1-7-16(22-18(21)15-11-9-8-10-12-15)13-17(14-20)23-24(5,6)19(2,3)4/h7-12,14,16-17H,1,13H2,2-6H3/t16-,17+/m1/s1. The Morgan fingerprint density at radius 2 is 1.79 bits per heavy atom. The maximum absolute atomic E-state index is 12.1. The molecule has 5 heteroatoms. The zero-order valence-corrected chi connectivity index (χ0v) is 16.2. The van der Waals surface area contributed by atoms with Gasteiger partial charge in [0.1, 0.15) is 18.5 Å². The molecule has 0 saturated carbocycles. The van der Waals surface area contributed by atoms with Crippen molar-refractivity contribution in [2.45, 2.75) is 57.5 Å². The summed E-state index contributed by atoms with van der Waals surface area (Å²) in [5.41, 5.74) is 0.470. The maximum Gasteiger partial charge on any atom is 0.338 e. The van der Waals surface area contributed by atoms with Gasteiger partial charge in [-0.2, -0.15) is 0 Å². The molecule has 132 valence electrons. The Morgan fingerprint density at radius 1 is 1.21 bits per heavy atom. The zero-order valence-electron chi connectivity index (χ0n) is 15.2. The molecule has 24 heavy (non-hydrogen) atoms. The lowest BCUT2D eigenvalue weighted by Gasteiger charge is -2.38. The average molecular weight is 349 g/mol. The van der Waals surface area contributed by atoms with Crippen LogP contribution in [0.15, 0.2) is 43.0 Å². The zero-order chi connectivity index (χ0) is 18.4. The Bertz CT molecular complexity index is 560. The van der Waals surface area contributed by atoms with E-state index in [9.17, 15) is 9.59 Å². The molecule has 0 spiro atoms. The van der Waals surface area contributed by atoms with Crippen LogP contribution < -0.4 is 0 Å². The highest BCUT2D eigenvalue weighted by Crippen LogP contribution is 2.37. The molecule has 4 nitrogen and oxygen atoms in total. The molecule has 1 aromatic carbocycles. The molecule has 0 unspecified atom stereocenters. The number of benzene rings is 1. The monoisotopic (exact) mass is 348 g/mol. The summed E-state index contributed by atoms with van der Waals surface area (Å²) in [5, 5.41) is -0.00134. The molecule has 1 rings (SSSR count). The third-order valence-electron chi connectivity index (χ3n) is 4.40. The topological polar surface area (TPSA) is 52.6 Å². The van der Waals surface area contributed by atoms with Crippen molar-refractivity contribution < 1.29 is 18.8 Å². The summed E-state index contributed by atoms with van der Waals surface area (Å²) in [7, 11) is -2.08. The van der Waals surface area contributed by atoms with Crippen LogP contribution in [0.25, 0.3) is 0 Å². The van der Waals surface area contributed by atoms with Gasteiger partial charge in [-0.15, -0.1) is 0 Å². The lowest BCUT2D eigenvalue weighted by atomic mass is 10.1. The summed E-state index contributed by atoms with van der Waals surface area (Å²) < 4.78 is 11.5. The normalized spacial score (nSPS) is 14.5. The van der Waals surface area contributed by atoms with Gasteiger partial charge in [-0.05, 0) is 30.3 Å². The molecule has 0 radical (unpaired) electrons. The van der Waals surface area contributed by atoms with Gasteiger partial charge in [-0.25, -0.2) is 4.79 Å². The van der Waals surface area contributed by atoms with Crippen molar-refractivity contribution >= 4 is 20.6 Å². The number of rotatable bonds is 8. The van der Waals surface area contributed by atoms with E-state index in [1.165, 1.54) is 6.08 Å². The molecule has 0 bridgehead atoms. The molecule has 0 fully saturated rings. The smallest absolute Gasteiger partial charge is 0.338 e. The fourth-order valence-corrected chi connectivity index (χ4v) is 3.15.